The Kier molecular flexibility index (Phi) is 7.82. The summed E-state index contributed by atoms with van der Waals surface area (Å²) in [7, 11) is 0. The minimum absolute atomic E-state index is 0.129. The number of unbranched alkanes of at least 4 members (excludes halogenated alkanes) is 1. The molecule has 0 aliphatic rings. The molecule has 0 saturated heterocycles. The molecular weight excluding hydrogens is 245 g/mol. The third-order valence-electron chi connectivity index (χ3n) is 2.77. The Morgan fingerprint density at radius 1 is 1.32 bits per heavy atom. The van der Waals surface area contributed by atoms with Crippen molar-refractivity contribution in [1.82, 2.24) is 5.32 Å². The minimum atomic E-state index is -0.194. The first-order chi connectivity index (χ1) is 9.24. The first-order valence-electron chi connectivity index (χ1n) is 6.83. The van der Waals surface area contributed by atoms with E-state index in [9.17, 15) is 9.18 Å². The van der Waals surface area contributed by atoms with Gasteiger partial charge in [-0.3, -0.25) is 4.79 Å². The zero-order valence-electron chi connectivity index (χ0n) is 11.5. The van der Waals surface area contributed by atoms with Gasteiger partial charge in [0.2, 0.25) is 0 Å². The molecule has 19 heavy (non-hydrogen) atoms. The lowest BCUT2D eigenvalue weighted by Crippen LogP contribution is -2.18. The highest BCUT2D eigenvalue weighted by molar-refractivity contribution is 5.69. The van der Waals surface area contributed by atoms with E-state index in [1.54, 1.807) is 12.1 Å². The van der Waals surface area contributed by atoms with Crippen molar-refractivity contribution < 1.29 is 13.9 Å². The quantitative estimate of drug-likeness (QED) is 0.552. The zero-order valence-corrected chi connectivity index (χ0v) is 11.5. The molecule has 0 amide bonds. The van der Waals surface area contributed by atoms with E-state index >= 15 is 0 Å². The Bertz CT molecular complexity index is 382. The molecule has 0 heterocycles. The van der Waals surface area contributed by atoms with E-state index in [0.717, 1.165) is 19.3 Å². The van der Waals surface area contributed by atoms with Crippen LogP contribution in [0.25, 0.3) is 0 Å². The summed E-state index contributed by atoms with van der Waals surface area (Å²) in [6.45, 7) is 3.67. The van der Waals surface area contributed by atoms with Crippen LogP contribution in [0.2, 0.25) is 0 Å². The predicted octanol–water partition coefficient (Wildman–Crippen LogP) is 3.04. The van der Waals surface area contributed by atoms with Gasteiger partial charge in [-0.05, 0) is 25.5 Å². The molecule has 4 heteroatoms. The van der Waals surface area contributed by atoms with E-state index in [2.05, 4.69) is 5.32 Å². The maximum absolute atomic E-state index is 13.3. The molecule has 0 radical (unpaired) electrons. The molecule has 3 nitrogen and oxygen atoms in total. The number of hydrogen-bond donors (Lipinski definition) is 1. The van der Waals surface area contributed by atoms with E-state index in [4.69, 9.17) is 4.74 Å². The van der Waals surface area contributed by atoms with Gasteiger partial charge in [-0.2, -0.15) is 0 Å². The number of esters is 1. The Morgan fingerprint density at radius 2 is 2.11 bits per heavy atom. The number of carbonyl (C=O) groups excluding carboxylic acids is 1. The molecular formula is C15H22FNO2. The smallest absolute Gasteiger partial charge is 0.305 e. The van der Waals surface area contributed by atoms with Crippen LogP contribution in [0.1, 0.15) is 38.2 Å². The van der Waals surface area contributed by atoms with E-state index in [-0.39, 0.29) is 11.8 Å². The van der Waals surface area contributed by atoms with Gasteiger partial charge in [-0.1, -0.05) is 31.5 Å². The van der Waals surface area contributed by atoms with Gasteiger partial charge < -0.3 is 10.1 Å². The first-order valence-corrected chi connectivity index (χ1v) is 6.83. The van der Waals surface area contributed by atoms with Crippen molar-refractivity contribution in [1.29, 1.82) is 0 Å². The summed E-state index contributed by atoms with van der Waals surface area (Å²) in [5.41, 5.74) is 0.655. The van der Waals surface area contributed by atoms with Gasteiger partial charge >= 0.3 is 5.97 Å². The van der Waals surface area contributed by atoms with E-state index in [1.807, 2.05) is 13.0 Å². The largest absolute Gasteiger partial charge is 0.466 e. The van der Waals surface area contributed by atoms with Crippen LogP contribution in [0.3, 0.4) is 0 Å². The Morgan fingerprint density at radius 3 is 2.84 bits per heavy atom. The maximum Gasteiger partial charge on any atom is 0.305 e. The molecule has 1 rings (SSSR count). The number of rotatable bonds is 9. The molecule has 106 valence electrons. The van der Waals surface area contributed by atoms with E-state index in [0.29, 0.717) is 31.7 Å². The summed E-state index contributed by atoms with van der Waals surface area (Å²) in [4.78, 5) is 11.2. The third kappa shape index (κ3) is 6.91. The number of halogens is 1. The summed E-state index contributed by atoms with van der Waals surface area (Å²) in [6.07, 6.45) is 3.12. The first kappa shape index (κ1) is 15.6. The second-order valence-electron chi connectivity index (χ2n) is 4.45. The number of ether oxygens (including phenoxy) is 1. The number of hydrogen-bond acceptors (Lipinski definition) is 3. The van der Waals surface area contributed by atoms with Crippen molar-refractivity contribution in [2.45, 2.75) is 39.2 Å². The summed E-state index contributed by atoms with van der Waals surface area (Å²) >= 11 is 0. The Labute approximate surface area is 114 Å². The van der Waals surface area contributed by atoms with Crippen LogP contribution in [0.5, 0.6) is 0 Å². The van der Waals surface area contributed by atoms with Gasteiger partial charge in [0.25, 0.3) is 0 Å². The maximum atomic E-state index is 13.3. The SMILES string of the molecule is CCCCC(=O)OCCCNCc1ccccc1F. The van der Waals surface area contributed by atoms with Crippen molar-refractivity contribution in [2.24, 2.45) is 0 Å². The number of benzene rings is 1. The molecule has 0 aliphatic carbocycles. The lowest BCUT2D eigenvalue weighted by molar-refractivity contribution is -0.143. The third-order valence-corrected chi connectivity index (χ3v) is 2.77. The number of nitrogens with one attached hydrogen (secondary N) is 1. The molecule has 0 aromatic heterocycles. The number of carbonyl (C=O) groups is 1. The van der Waals surface area contributed by atoms with E-state index in [1.165, 1.54) is 6.07 Å². The standard InChI is InChI=1S/C15H22FNO2/c1-2-3-9-15(18)19-11-6-10-17-12-13-7-4-5-8-14(13)16/h4-5,7-8,17H,2-3,6,9-12H2,1H3. The Balaban J connectivity index is 2.03. The fourth-order valence-corrected chi connectivity index (χ4v) is 1.64. The fourth-order valence-electron chi connectivity index (χ4n) is 1.64. The lowest BCUT2D eigenvalue weighted by atomic mass is 10.2. The average Bonchev–Trinajstić information content (AvgIpc) is 2.42. The van der Waals surface area contributed by atoms with Crippen molar-refractivity contribution in [2.75, 3.05) is 13.2 Å². The van der Waals surface area contributed by atoms with Gasteiger partial charge in [0.05, 0.1) is 6.61 Å². The van der Waals surface area contributed by atoms with Crippen molar-refractivity contribution in [3.8, 4) is 0 Å². The molecule has 0 aliphatic heterocycles. The molecule has 0 saturated carbocycles. The molecule has 1 N–H and O–H groups in total. The highest BCUT2D eigenvalue weighted by atomic mass is 19.1. The van der Waals surface area contributed by atoms with Gasteiger partial charge in [-0.15, -0.1) is 0 Å². The predicted molar refractivity (Wildman–Crippen MR) is 73.2 cm³/mol. The minimum Gasteiger partial charge on any atom is -0.466 e. The van der Waals surface area contributed by atoms with Gasteiger partial charge in [-0.25, -0.2) is 4.39 Å². The summed E-state index contributed by atoms with van der Waals surface area (Å²) in [6, 6.07) is 6.70. The molecule has 1 aromatic rings. The highest BCUT2D eigenvalue weighted by Crippen LogP contribution is 2.05. The zero-order chi connectivity index (χ0) is 13.9. The highest BCUT2D eigenvalue weighted by Gasteiger charge is 2.02. The van der Waals surface area contributed by atoms with Crippen LogP contribution >= 0.6 is 0 Å². The monoisotopic (exact) mass is 267 g/mol. The normalized spacial score (nSPS) is 10.4. The van der Waals surface area contributed by atoms with Crippen LogP contribution in [0.15, 0.2) is 24.3 Å². The van der Waals surface area contributed by atoms with E-state index < -0.39 is 0 Å². The van der Waals surface area contributed by atoms with Crippen molar-refractivity contribution in [3.63, 3.8) is 0 Å². The fraction of sp³-hybridized carbons (Fsp3) is 0.533. The van der Waals surface area contributed by atoms with Crippen LogP contribution in [0.4, 0.5) is 4.39 Å². The molecule has 0 unspecified atom stereocenters. The van der Waals surface area contributed by atoms with Crippen LogP contribution in [-0.2, 0) is 16.1 Å². The second-order valence-corrected chi connectivity index (χ2v) is 4.45. The second kappa shape index (κ2) is 9.50. The van der Waals surface area contributed by atoms with Crippen molar-refractivity contribution in [3.05, 3.63) is 35.6 Å². The van der Waals surface area contributed by atoms with Crippen LogP contribution < -0.4 is 5.32 Å². The molecule has 0 bridgehead atoms. The molecule has 0 spiro atoms. The van der Waals surface area contributed by atoms with Crippen LogP contribution in [-0.4, -0.2) is 19.1 Å². The lowest BCUT2D eigenvalue weighted by Gasteiger charge is -2.07. The molecule has 0 fully saturated rings. The average molecular weight is 267 g/mol. The van der Waals surface area contributed by atoms with Gasteiger partial charge in [0, 0.05) is 18.5 Å². The molecule has 0 atom stereocenters. The van der Waals surface area contributed by atoms with Gasteiger partial charge in [0.15, 0.2) is 0 Å². The summed E-state index contributed by atoms with van der Waals surface area (Å²) < 4.78 is 18.3. The topological polar surface area (TPSA) is 38.3 Å². The van der Waals surface area contributed by atoms with Crippen molar-refractivity contribution >= 4 is 5.97 Å². The van der Waals surface area contributed by atoms with Gasteiger partial charge in [0.1, 0.15) is 5.82 Å². The Hall–Kier alpha value is -1.42. The summed E-state index contributed by atoms with van der Waals surface area (Å²) in [5.74, 6) is -0.322. The van der Waals surface area contributed by atoms with Crippen LogP contribution in [0, 0.1) is 5.82 Å². The molecule has 1 aromatic carbocycles. The summed E-state index contributed by atoms with van der Waals surface area (Å²) in [5, 5.41) is 3.13.